The van der Waals surface area contributed by atoms with Crippen molar-refractivity contribution in [3.8, 4) is 5.88 Å². The van der Waals surface area contributed by atoms with Gasteiger partial charge in [-0.25, -0.2) is 0 Å². The van der Waals surface area contributed by atoms with Crippen LogP contribution in [0.3, 0.4) is 0 Å². The van der Waals surface area contributed by atoms with Crippen LogP contribution in [0.15, 0.2) is 12.1 Å². The summed E-state index contributed by atoms with van der Waals surface area (Å²) in [5.74, 6) is 2.04. The summed E-state index contributed by atoms with van der Waals surface area (Å²) in [6.45, 7) is 4.10. The van der Waals surface area contributed by atoms with Gasteiger partial charge in [-0.3, -0.25) is 0 Å². The molecular weight excluding hydrogens is 254 g/mol. The molecule has 1 unspecified atom stereocenters. The molecule has 1 aromatic rings. The minimum Gasteiger partial charge on any atom is -0.476 e. The Bertz CT molecular complexity index is 486. The van der Waals surface area contributed by atoms with Gasteiger partial charge in [-0.2, -0.15) is 4.98 Å². The number of hydrogen-bond acceptors (Lipinski definition) is 5. The van der Waals surface area contributed by atoms with Crippen LogP contribution < -0.4 is 15.4 Å². The van der Waals surface area contributed by atoms with E-state index in [9.17, 15) is 5.11 Å². The molecule has 1 aromatic heterocycles. The van der Waals surface area contributed by atoms with Crippen LogP contribution in [0.25, 0.3) is 0 Å². The largest absolute Gasteiger partial charge is 0.476 e. The quantitative estimate of drug-likeness (QED) is 0.878. The smallest absolute Gasteiger partial charge is 0.239 e. The summed E-state index contributed by atoms with van der Waals surface area (Å²) < 4.78 is 5.72. The Morgan fingerprint density at radius 2 is 2.30 bits per heavy atom. The van der Waals surface area contributed by atoms with E-state index >= 15 is 0 Å². The van der Waals surface area contributed by atoms with E-state index in [1.54, 1.807) is 0 Å². The second kappa shape index (κ2) is 5.13. The molecule has 2 heterocycles. The molecule has 1 aliphatic carbocycles. The highest BCUT2D eigenvalue weighted by Gasteiger charge is 2.29. The number of piperidine rings is 1. The topological polar surface area (TPSA) is 71.6 Å². The summed E-state index contributed by atoms with van der Waals surface area (Å²) in [6, 6.07) is 3.74. The predicted octanol–water partition coefficient (Wildman–Crippen LogP) is 1.80. The van der Waals surface area contributed by atoms with Crippen molar-refractivity contribution in [2.24, 2.45) is 5.92 Å². The maximum atomic E-state index is 10.2. The molecule has 0 spiro atoms. The van der Waals surface area contributed by atoms with Gasteiger partial charge < -0.3 is 20.5 Å². The van der Waals surface area contributed by atoms with Gasteiger partial charge in [-0.05, 0) is 50.7 Å². The van der Waals surface area contributed by atoms with Crippen LogP contribution in [0.1, 0.15) is 32.6 Å². The zero-order valence-electron chi connectivity index (χ0n) is 12.0. The van der Waals surface area contributed by atoms with E-state index in [2.05, 4.69) is 9.88 Å². The average Bonchev–Trinajstić information content (AvgIpc) is 3.20. The van der Waals surface area contributed by atoms with Crippen LogP contribution in [-0.2, 0) is 0 Å². The van der Waals surface area contributed by atoms with Gasteiger partial charge in [0.15, 0.2) is 0 Å². The summed E-state index contributed by atoms with van der Waals surface area (Å²) >= 11 is 0. The van der Waals surface area contributed by atoms with E-state index < -0.39 is 5.60 Å². The highest BCUT2D eigenvalue weighted by Crippen LogP contribution is 2.32. The van der Waals surface area contributed by atoms with Gasteiger partial charge in [0, 0.05) is 13.1 Å². The second-order valence-electron chi connectivity index (χ2n) is 6.34. The van der Waals surface area contributed by atoms with Gasteiger partial charge in [0.25, 0.3) is 0 Å². The Morgan fingerprint density at radius 3 is 3.00 bits per heavy atom. The van der Waals surface area contributed by atoms with E-state index in [1.165, 1.54) is 12.8 Å². The molecule has 5 nitrogen and oxygen atoms in total. The number of pyridine rings is 1. The van der Waals surface area contributed by atoms with Gasteiger partial charge in [-0.1, -0.05) is 0 Å². The number of rotatable bonds is 4. The predicted molar refractivity (Wildman–Crippen MR) is 78.9 cm³/mol. The maximum Gasteiger partial charge on any atom is 0.239 e. The number of β-amino-alcohol motifs (C(OH)–C–C–N with tert-alkyl or cyclic N) is 1. The number of aliphatic hydroxyl groups is 1. The summed E-state index contributed by atoms with van der Waals surface area (Å²) in [6.07, 6.45) is 4.30. The molecule has 2 aliphatic rings. The molecule has 0 radical (unpaired) electrons. The van der Waals surface area contributed by atoms with Crippen molar-refractivity contribution in [1.82, 2.24) is 4.98 Å². The Hall–Kier alpha value is -1.49. The fraction of sp³-hybridized carbons (Fsp3) is 0.667. The third-order valence-electron chi connectivity index (χ3n) is 4.03. The first-order valence-corrected chi connectivity index (χ1v) is 7.40. The van der Waals surface area contributed by atoms with Gasteiger partial charge in [0.1, 0.15) is 5.82 Å². The Balaban J connectivity index is 1.73. The molecule has 3 rings (SSSR count). The molecular formula is C15H23N3O2. The highest BCUT2D eigenvalue weighted by atomic mass is 16.5. The average molecular weight is 277 g/mol. The van der Waals surface area contributed by atoms with Gasteiger partial charge >= 0.3 is 0 Å². The van der Waals surface area contributed by atoms with Crippen molar-refractivity contribution in [2.45, 2.75) is 38.2 Å². The first-order chi connectivity index (χ1) is 9.53. The fourth-order valence-electron chi connectivity index (χ4n) is 2.63. The lowest BCUT2D eigenvalue weighted by Gasteiger charge is -2.37. The zero-order chi connectivity index (χ0) is 14.2. The Labute approximate surface area is 119 Å². The van der Waals surface area contributed by atoms with Crippen LogP contribution in [-0.4, -0.2) is 35.4 Å². The summed E-state index contributed by atoms with van der Waals surface area (Å²) in [4.78, 5) is 6.63. The molecule has 20 heavy (non-hydrogen) atoms. The molecule has 2 fully saturated rings. The number of nitrogens with zero attached hydrogens (tertiary/aromatic N) is 2. The standard InChI is InChI=1S/C15H23N3O2/c1-15(19)7-2-8-18(10-15)13-6-5-12(16)14(17-13)20-9-11-3-4-11/h5-6,11,19H,2-4,7-10,16H2,1H3. The lowest BCUT2D eigenvalue weighted by Crippen LogP contribution is -2.46. The van der Waals surface area contributed by atoms with Gasteiger partial charge in [-0.15, -0.1) is 0 Å². The number of ether oxygens (including phenoxy) is 1. The van der Waals surface area contributed by atoms with Crippen LogP contribution in [0.2, 0.25) is 0 Å². The number of aromatic nitrogens is 1. The van der Waals surface area contributed by atoms with Crippen molar-refractivity contribution >= 4 is 11.5 Å². The first kappa shape index (κ1) is 13.5. The van der Waals surface area contributed by atoms with Crippen molar-refractivity contribution in [1.29, 1.82) is 0 Å². The molecule has 3 N–H and O–H groups in total. The van der Waals surface area contributed by atoms with Crippen molar-refractivity contribution in [2.75, 3.05) is 30.3 Å². The summed E-state index contributed by atoms with van der Waals surface area (Å²) in [5.41, 5.74) is 5.86. The van der Waals surface area contributed by atoms with Crippen LogP contribution in [0.4, 0.5) is 11.5 Å². The number of nitrogens with two attached hydrogens (primary N) is 1. The van der Waals surface area contributed by atoms with E-state index in [0.717, 1.165) is 25.2 Å². The molecule has 0 amide bonds. The van der Waals surface area contributed by atoms with Gasteiger partial charge in [0.05, 0.1) is 17.9 Å². The van der Waals surface area contributed by atoms with Crippen LogP contribution >= 0.6 is 0 Å². The molecule has 0 bridgehead atoms. The minimum absolute atomic E-state index is 0.527. The normalized spacial score (nSPS) is 26.6. The lowest BCUT2D eigenvalue weighted by atomic mass is 9.95. The Kier molecular flexibility index (Phi) is 3.46. The molecule has 5 heteroatoms. The Morgan fingerprint density at radius 1 is 1.50 bits per heavy atom. The maximum absolute atomic E-state index is 10.2. The van der Waals surface area contributed by atoms with Crippen molar-refractivity contribution in [3.63, 3.8) is 0 Å². The molecule has 1 saturated heterocycles. The highest BCUT2D eigenvalue weighted by molar-refractivity contribution is 5.54. The molecule has 1 saturated carbocycles. The number of hydrogen-bond donors (Lipinski definition) is 2. The summed E-state index contributed by atoms with van der Waals surface area (Å²) in [7, 11) is 0. The minimum atomic E-state index is -0.643. The fourth-order valence-corrected chi connectivity index (χ4v) is 2.63. The molecule has 110 valence electrons. The van der Waals surface area contributed by atoms with E-state index in [1.807, 2.05) is 19.1 Å². The molecule has 1 aliphatic heterocycles. The van der Waals surface area contributed by atoms with E-state index in [4.69, 9.17) is 10.5 Å². The SMILES string of the molecule is CC1(O)CCCN(c2ccc(N)c(OCC3CC3)n2)C1. The first-order valence-electron chi connectivity index (χ1n) is 7.40. The summed E-state index contributed by atoms with van der Waals surface area (Å²) in [5, 5.41) is 10.2. The number of anilines is 2. The van der Waals surface area contributed by atoms with Gasteiger partial charge in [0.2, 0.25) is 5.88 Å². The molecule has 1 atom stereocenters. The second-order valence-corrected chi connectivity index (χ2v) is 6.34. The third-order valence-corrected chi connectivity index (χ3v) is 4.03. The third kappa shape index (κ3) is 3.15. The van der Waals surface area contributed by atoms with Crippen molar-refractivity contribution < 1.29 is 9.84 Å². The van der Waals surface area contributed by atoms with E-state index in [-0.39, 0.29) is 0 Å². The van der Waals surface area contributed by atoms with Crippen molar-refractivity contribution in [3.05, 3.63) is 12.1 Å². The van der Waals surface area contributed by atoms with E-state index in [0.29, 0.717) is 30.6 Å². The monoisotopic (exact) mass is 277 g/mol. The van der Waals surface area contributed by atoms with Crippen LogP contribution in [0.5, 0.6) is 5.88 Å². The number of nitrogen functional groups attached to an aromatic ring is 1. The van der Waals surface area contributed by atoms with Crippen LogP contribution in [0, 0.1) is 5.92 Å². The molecule has 0 aromatic carbocycles. The zero-order valence-corrected chi connectivity index (χ0v) is 12.0. The lowest BCUT2D eigenvalue weighted by molar-refractivity contribution is 0.0446.